The molecule has 2 heterocycles. The number of aromatic nitrogens is 1. The number of nitrogens with zero attached hydrogens (tertiary/aromatic N) is 2. The highest BCUT2D eigenvalue weighted by Crippen LogP contribution is 2.29. The number of pyridine rings is 1. The fourth-order valence-electron chi connectivity index (χ4n) is 3.24. The molecule has 0 aliphatic carbocycles. The highest BCUT2D eigenvalue weighted by molar-refractivity contribution is 7.92. The van der Waals surface area contributed by atoms with Gasteiger partial charge in [0.05, 0.1) is 11.4 Å². The molecule has 0 saturated carbocycles. The zero-order valence-electron chi connectivity index (χ0n) is 15.5. The lowest BCUT2D eigenvalue weighted by Crippen LogP contribution is -2.38. The summed E-state index contributed by atoms with van der Waals surface area (Å²) in [4.78, 5) is 16.3. The maximum atomic E-state index is 12.4. The van der Waals surface area contributed by atoms with Crippen molar-refractivity contribution in [2.75, 3.05) is 21.9 Å². The minimum absolute atomic E-state index is 0.0739. The molecule has 3 rings (SSSR count). The van der Waals surface area contributed by atoms with Crippen LogP contribution in [0.5, 0.6) is 0 Å². The molecule has 144 valence electrons. The smallest absolute Gasteiger partial charge is 0.235 e. The van der Waals surface area contributed by atoms with Crippen molar-refractivity contribution in [2.45, 2.75) is 39.0 Å². The highest BCUT2D eigenvalue weighted by Gasteiger charge is 2.27. The van der Waals surface area contributed by atoms with E-state index in [-0.39, 0.29) is 11.7 Å². The fourth-order valence-corrected chi connectivity index (χ4v) is 4.93. The third kappa shape index (κ3) is 5.07. The zero-order chi connectivity index (χ0) is 19.3. The molecule has 0 spiro atoms. The molecule has 27 heavy (non-hydrogen) atoms. The molecule has 0 bridgehead atoms. The van der Waals surface area contributed by atoms with Crippen LogP contribution in [0.1, 0.15) is 36.8 Å². The van der Waals surface area contributed by atoms with Crippen LogP contribution >= 0.6 is 0 Å². The molecule has 6 nitrogen and oxygen atoms in total. The average molecular weight is 388 g/mol. The standard InChI is InChI=1S/C20H25N3O3S/c1-16-9-10-18(14-19(16)23-12-2-3-13-27(23,25)26)22-20(24)8-4-6-17-7-5-11-21-15-17/h5,7,9-11,14-15H,2-4,6,8,12-13H2,1H3,(H,22,24). The van der Waals surface area contributed by atoms with Crippen LogP contribution in [0, 0.1) is 6.92 Å². The average Bonchev–Trinajstić information content (AvgIpc) is 2.64. The van der Waals surface area contributed by atoms with Crippen LogP contribution in [-0.2, 0) is 21.2 Å². The minimum Gasteiger partial charge on any atom is -0.326 e. The Hall–Kier alpha value is -2.41. The summed E-state index contributed by atoms with van der Waals surface area (Å²) in [6.45, 7) is 2.38. The number of aryl methyl sites for hydroxylation is 2. The van der Waals surface area contributed by atoms with E-state index in [0.29, 0.717) is 30.8 Å². The van der Waals surface area contributed by atoms with Crippen molar-refractivity contribution in [3.8, 4) is 0 Å². The number of sulfonamides is 1. The van der Waals surface area contributed by atoms with Gasteiger partial charge < -0.3 is 5.32 Å². The maximum absolute atomic E-state index is 12.4. The maximum Gasteiger partial charge on any atom is 0.235 e. The van der Waals surface area contributed by atoms with E-state index in [1.54, 1.807) is 12.3 Å². The second kappa shape index (κ2) is 8.52. The fraction of sp³-hybridized carbons (Fsp3) is 0.400. The van der Waals surface area contributed by atoms with Gasteiger partial charge >= 0.3 is 0 Å². The van der Waals surface area contributed by atoms with Gasteiger partial charge in [0.15, 0.2) is 0 Å². The molecule has 0 unspecified atom stereocenters. The van der Waals surface area contributed by atoms with Crippen molar-refractivity contribution in [2.24, 2.45) is 0 Å². The molecule has 1 saturated heterocycles. The molecule has 1 aromatic heterocycles. The molecule has 1 aromatic carbocycles. The Morgan fingerprint density at radius 3 is 2.85 bits per heavy atom. The molecule has 1 N–H and O–H groups in total. The second-order valence-corrected chi connectivity index (χ2v) is 8.87. The summed E-state index contributed by atoms with van der Waals surface area (Å²) in [6, 6.07) is 9.31. The molecule has 1 fully saturated rings. The first-order chi connectivity index (χ1) is 13.0. The number of carbonyl (C=O) groups is 1. The Morgan fingerprint density at radius 2 is 2.11 bits per heavy atom. The van der Waals surface area contributed by atoms with Crippen molar-refractivity contribution in [1.29, 1.82) is 0 Å². The van der Waals surface area contributed by atoms with Gasteiger partial charge in [-0.1, -0.05) is 12.1 Å². The van der Waals surface area contributed by atoms with Crippen molar-refractivity contribution in [1.82, 2.24) is 4.98 Å². The molecule has 1 amide bonds. The molecular weight excluding hydrogens is 362 g/mol. The first-order valence-corrected chi connectivity index (χ1v) is 10.9. The van der Waals surface area contributed by atoms with Crippen molar-refractivity contribution >= 4 is 27.3 Å². The second-order valence-electron chi connectivity index (χ2n) is 6.86. The van der Waals surface area contributed by atoms with Crippen LogP contribution in [0.25, 0.3) is 0 Å². The first-order valence-electron chi connectivity index (χ1n) is 9.25. The van der Waals surface area contributed by atoms with Crippen LogP contribution < -0.4 is 9.62 Å². The quantitative estimate of drug-likeness (QED) is 0.825. The van der Waals surface area contributed by atoms with E-state index in [1.807, 2.05) is 37.4 Å². The lowest BCUT2D eigenvalue weighted by atomic mass is 10.1. The summed E-state index contributed by atoms with van der Waals surface area (Å²) in [5.74, 6) is 0.104. The lowest BCUT2D eigenvalue weighted by molar-refractivity contribution is -0.116. The Balaban J connectivity index is 1.62. The van der Waals surface area contributed by atoms with Gasteiger partial charge in [0, 0.05) is 31.0 Å². The van der Waals surface area contributed by atoms with E-state index in [2.05, 4.69) is 10.3 Å². The third-order valence-electron chi connectivity index (χ3n) is 4.70. The van der Waals surface area contributed by atoms with Gasteiger partial charge in [-0.2, -0.15) is 0 Å². The van der Waals surface area contributed by atoms with Crippen LogP contribution in [0.2, 0.25) is 0 Å². The van der Waals surface area contributed by atoms with Crippen LogP contribution in [0.4, 0.5) is 11.4 Å². The zero-order valence-corrected chi connectivity index (χ0v) is 16.3. The number of amides is 1. The van der Waals surface area contributed by atoms with E-state index >= 15 is 0 Å². The predicted octanol–water partition coefficient (Wildman–Crippen LogP) is 3.28. The Labute approximate surface area is 160 Å². The summed E-state index contributed by atoms with van der Waals surface area (Å²) < 4.78 is 26.2. The van der Waals surface area contributed by atoms with E-state index < -0.39 is 10.0 Å². The van der Waals surface area contributed by atoms with Gasteiger partial charge in [-0.05, 0) is 61.9 Å². The van der Waals surface area contributed by atoms with Gasteiger partial charge in [0.25, 0.3) is 0 Å². The predicted molar refractivity (Wildman–Crippen MR) is 107 cm³/mol. The molecular formula is C20H25N3O3S. The Bertz CT molecular complexity index is 898. The van der Waals surface area contributed by atoms with E-state index in [0.717, 1.165) is 30.4 Å². The summed E-state index contributed by atoms with van der Waals surface area (Å²) in [5, 5.41) is 2.89. The number of hydrogen-bond donors (Lipinski definition) is 1. The Kier molecular flexibility index (Phi) is 6.11. The molecule has 0 radical (unpaired) electrons. The van der Waals surface area contributed by atoms with E-state index in [1.165, 1.54) is 4.31 Å². The Morgan fingerprint density at radius 1 is 1.26 bits per heavy atom. The molecule has 1 aliphatic rings. The van der Waals surface area contributed by atoms with Crippen molar-refractivity contribution in [3.05, 3.63) is 53.9 Å². The van der Waals surface area contributed by atoms with Gasteiger partial charge in [-0.25, -0.2) is 8.42 Å². The number of carbonyl (C=O) groups excluding carboxylic acids is 1. The third-order valence-corrected chi connectivity index (χ3v) is 6.56. The topological polar surface area (TPSA) is 79.4 Å². The van der Waals surface area contributed by atoms with Crippen LogP contribution in [0.15, 0.2) is 42.7 Å². The SMILES string of the molecule is Cc1ccc(NC(=O)CCCc2cccnc2)cc1N1CCCCS1(=O)=O. The largest absolute Gasteiger partial charge is 0.326 e. The minimum atomic E-state index is -3.27. The lowest BCUT2D eigenvalue weighted by Gasteiger charge is -2.29. The summed E-state index contributed by atoms with van der Waals surface area (Å²) in [5.41, 5.74) is 3.28. The molecule has 2 aromatic rings. The monoisotopic (exact) mass is 387 g/mol. The first kappa shape index (κ1) is 19.4. The van der Waals surface area contributed by atoms with E-state index in [9.17, 15) is 13.2 Å². The summed E-state index contributed by atoms with van der Waals surface area (Å²) >= 11 is 0. The number of benzene rings is 1. The molecule has 0 atom stereocenters. The highest BCUT2D eigenvalue weighted by atomic mass is 32.2. The van der Waals surface area contributed by atoms with Crippen molar-refractivity contribution in [3.63, 3.8) is 0 Å². The summed E-state index contributed by atoms with van der Waals surface area (Å²) in [7, 11) is -3.27. The number of anilines is 2. The van der Waals surface area contributed by atoms with E-state index in [4.69, 9.17) is 0 Å². The molecule has 7 heteroatoms. The van der Waals surface area contributed by atoms with Crippen molar-refractivity contribution < 1.29 is 13.2 Å². The number of hydrogen-bond acceptors (Lipinski definition) is 4. The number of rotatable bonds is 6. The van der Waals surface area contributed by atoms with Crippen LogP contribution in [-0.4, -0.2) is 31.6 Å². The van der Waals surface area contributed by atoms with Gasteiger partial charge in [-0.15, -0.1) is 0 Å². The molecule has 1 aliphatic heterocycles. The van der Waals surface area contributed by atoms with Gasteiger partial charge in [0.2, 0.25) is 15.9 Å². The van der Waals surface area contributed by atoms with Gasteiger partial charge in [0.1, 0.15) is 0 Å². The summed E-state index contributed by atoms with van der Waals surface area (Å²) in [6.07, 6.45) is 7.02. The normalized spacial score (nSPS) is 16.1. The number of nitrogens with one attached hydrogen (secondary N) is 1. The van der Waals surface area contributed by atoms with Crippen LogP contribution in [0.3, 0.4) is 0 Å². The van der Waals surface area contributed by atoms with Gasteiger partial charge in [-0.3, -0.25) is 14.1 Å².